The summed E-state index contributed by atoms with van der Waals surface area (Å²) in [5.41, 5.74) is 1.07. The minimum absolute atomic E-state index is 0.161. The smallest absolute Gasteiger partial charge is 0.340 e. The van der Waals surface area contributed by atoms with E-state index in [2.05, 4.69) is 15.9 Å². The van der Waals surface area contributed by atoms with Crippen LogP contribution in [0.25, 0.3) is 10.9 Å². The molecule has 0 unspecified atom stereocenters. The van der Waals surface area contributed by atoms with E-state index in [0.29, 0.717) is 16.6 Å². The topological polar surface area (TPSA) is 65.4 Å². The second-order valence-corrected chi connectivity index (χ2v) is 7.62. The summed E-state index contributed by atoms with van der Waals surface area (Å²) in [5, 5.41) is 0.747. The Hall–Kier alpha value is -2.12. The van der Waals surface area contributed by atoms with Crippen molar-refractivity contribution in [3.63, 3.8) is 0 Å². The Morgan fingerprint density at radius 3 is 2.36 bits per heavy atom. The summed E-state index contributed by atoms with van der Waals surface area (Å²) in [6.07, 6.45) is 0. The van der Waals surface area contributed by atoms with Gasteiger partial charge in [0, 0.05) is 10.7 Å². The standard InChI is InChI=1S/C18H16BrNO4S/c1-2-24-18(21)17-14-10-6-7-11-15(14)20(16(17)12-19)25(22,23)13-8-4-3-5-9-13/h3-11H,2,12H2,1H3. The summed E-state index contributed by atoms with van der Waals surface area (Å²) in [6, 6.07) is 15.1. The van der Waals surface area contributed by atoms with Crippen molar-refractivity contribution in [3.8, 4) is 0 Å². The molecule has 3 aromatic rings. The maximum absolute atomic E-state index is 13.2. The maximum Gasteiger partial charge on any atom is 0.340 e. The fourth-order valence-corrected chi connectivity index (χ4v) is 5.06. The highest BCUT2D eigenvalue weighted by molar-refractivity contribution is 9.08. The lowest BCUT2D eigenvalue weighted by Crippen LogP contribution is -2.16. The number of benzene rings is 2. The van der Waals surface area contributed by atoms with Crippen molar-refractivity contribution in [1.29, 1.82) is 0 Å². The molecule has 1 heterocycles. The molecular formula is C18H16BrNO4S. The van der Waals surface area contributed by atoms with Gasteiger partial charge in [-0.25, -0.2) is 17.2 Å². The number of hydrogen-bond donors (Lipinski definition) is 0. The van der Waals surface area contributed by atoms with Crippen LogP contribution in [0.5, 0.6) is 0 Å². The van der Waals surface area contributed by atoms with Crippen LogP contribution in [0, 0.1) is 0 Å². The average molecular weight is 422 g/mol. The quantitative estimate of drug-likeness (QED) is 0.462. The Bertz CT molecular complexity index is 1030. The number of alkyl halides is 1. The Labute approximate surface area is 154 Å². The molecule has 0 aliphatic heterocycles. The van der Waals surface area contributed by atoms with Gasteiger partial charge in [-0.2, -0.15) is 0 Å². The first-order chi connectivity index (χ1) is 12.0. The number of aromatic nitrogens is 1. The van der Waals surface area contributed by atoms with E-state index in [9.17, 15) is 13.2 Å². The van der Waals surface area contributed by atoms with Gasteiger partial charge in [0.05, 0.1) is 28.3 Å². The zero-order valence-electron chi connectivity index (χ0n) is 13.5. The van der Waals surface area contributed by atoms with E-state index in [4.69, 9.17) is 4.74 Å². The van der Waals surface area contributed by atoms with Gasteiger partial charge in [-0.15, -0.1) is 0 Å². The number of ether oxygens (including phenoxy) is 1. The van der Waals surface area contributed by atoms with Crippen LogP contribution in [-0.2, 0) is 20.1 Å². The predicted octanol–water partition coefficient (Wildman–Crippen LogP) is 3.95. The highest BCUT2D eigenvalue weighted by Gasteiger charge is 2.29. The first-order valence-electron chi connectivity index (χ1n) is 7.68. The fraction of sp³-hybridized carbons (Fsp3) is 0.167. The van der Waals surface area contributed by atoms with E-state index >= 15 is 0 Å². The third kappa shape index (κ3) is 2.98. The third-order valence-electron chi connectivity index (χ3n) is 3.81. The number of nitrogens with zero attached hydrogens (tertiary/aromatic N) is 1. The normalized spacial score (nSPS) is 11.6. The fourth-order valence-electron chi connectivity index (χ4n) is 2.79. The number of esters is 1. The van der Waals surface area contributed by atoms with Gasteiger partial charge in [0.25, 0.3) is 10.0 Å². The molecule has 7 heteroatoms. The lowest BCUT2D eigenvalue weighted by Gasteiger charge is -2.11. The molecule has 0 spiro atoms. The molecule has 0 aliphatic rings. The molecule has 0 N–H and O–H groups in total. The summed E-state index contributed by atoms with van der Waals surface area (Å²) >= 11 is 3.33. The molecule has 5 nitrogen and oxygen atoms in total. The van der Waals surface area contributed by atoms with E-state index in [0.717, 1.165) is 0 Å². The second kappa shape index (κ2) is 7.01. The van der Waals surface area contributed by atoms with Crippen molar-refractivity contribution in [1.82, 2.24) is 3.97 Å². The number of fused-ring (bicyclic) bond motifs is 1. The number of carbonyl (C=O) groups is 1. The SMILES string of the molecule is CCOC(=O)c1c(CBr)n(S(=O)(=O)c2ccccc2)c2ccccc12. The highest BCUT2D eigenvalue weighted by Crippen LogP contribution is 2.32. The Kier molecular flexibility index (Phi) is 4.96. The van der Waals surface area contributed by atoms with Crippen LogP contribution in [0.2, 0.25) is 0 Å². The zero-order chi connectivity index (χ0) is 18.0. The van der Waals surface area contributed by atoms with Crippen molar-refractivity contribution < 1.29 is 17.9 Å². The lowest BCUT2D eigenvalue weighted by molar-refractivity contribution is 0.0527. The van der Waals surface area contributed by atoms with Gasteiger partial charge < -0.3 is 4.74 Å². The van der Waals surface area contributed by atoms with Crippen molar-refractivity contribution >= 4 is 42.8 Å². The number of para-hydroxylation sites is 1. The molecule has 130 valence electrons. The molecule has 0 bridgehead atoms. The van der Waals surface area contributed by atoms with Gasteiger partial charge in [0.15, 0.2) is 0 Å². The van der Waals surface area contributed by atoms with Crippen molar-refractivity contribution in [3.05, 3.63) is 65.9 Å². The molecule has 0 saturated heterocycles. The van der Waals surface area contributed by atoms with Gasteiger partial charge in [-0.05, 0) is 25.1 Å². The van der Waals surface area contributed by atoms with Gasteiger partial charge >= 0.3 is 5.97 Å². The predicted molar refractivity (Wildman–Crippen MR) is 99.6 cm³/mol. The van der Waals surface area contributed by atoms with Crippen LogP contribution in [0.1, 0.15) is 23.0 Å². The van der Waals surface area contributed by atoms with Gasteiger partial charge in [-0.1, -0.05) is 52.3 Å². The van der Waals surface area contributed by atoms with Gasteiger partial charge in [0.2, 0.25) is 0 Å². The monoisotopic (exact) mass is 421 g/mol. The largest absolute Gasteiger partial charge is 0.462 e. The van der Waals surface area contributed by atoms with Crippen LogP contribution in [-0.4, -0.2) is 25.0 Å². The van der Waals surface area contributed by atoms with Crippen LogP contribution in [0.3, 0.4) is 0 Å². The second-order valence-electron chi connectivity index (χ2n) is 5.28. The minimum atomic E-state index is -3.86. The molecule has 25 heavy (non-hydrogen) atoms. The average Bonchev–Trinajstić information content (AvgIpc) is 2.97. The molecule has 2 aromatic carbocycles. The van der Waals surface area contributed by atoms with Gasteiger partial charge in [-0.3, -0.25) is 0 Å². The molecule has 0 atom stereocenters. The molecule has 3 rings (SSSR count). The van der Waals surface area contributed by atoms with E-state index in [1.54, 1.807) is 49.4 Å². The summed E-state index contributed by atoms with van der Waals surface area (Å²) in [5.74, 6) is -0.532. The Morgan fingerprint density at radius 2 is 1.72 bits per heavy atom. The molecule has 1 aromatic heterocycles. The van der Waals surface area contributed by atoms with E-state index < -0.39 is 16.0 Å². The van der Waals surface area contributed by atoms with E-state index in [1.165, 1.54) is 16.1 Å². The van der Waals surface area contributed by atoms with Crippen LogP contribution < -0.4 is 0 Å². The number of halogens is 1. The number of carbonyl (C=O) groups excluding carboxylic acids is 1. The van der Waals surface area contributed by atoms with Crippen molar-refractivity contribution in [2.75, 3.05) is 6.61 Å². The van der Waals surface area contributed by atoms with Crippen LogP contribution in [0.15, 0.2) is 59.5 Å². The van der Waals surface area contributed by atoms with Crippen molar-refractivity contribution in [2.24, 2.45) is 0 Å². The lowest BCUT2D eigenvalue weighted by atomic mass is 10.1. The first kappa shape index (κ1) is 17.7. The molecule has 0 amide bonds. The maximum atomic E-state index is 13.2. The molecule has 0 fully saturated rings. The third-order valence-corrected chi connectivity index (χ3v) is 6.11. The van der Waals surface area contributed by atoms with E-state index in [1.807, 2.05) is 0 Å². The molecular weight excluding hydrogens is 406 g/mol. The summed E-state index contributed by atoms with van der Waals surface area (Å²) < 4.78 is 32.8. The Balaban J connectivity index is 2.38. The number of hydrogen-bond acceptors (Lipinski definition) is 4. The van der Waals surface area contributed by atoms with Gasteiger partial charge in [0.1, 0.15) is 0 Å². The molecule has 0 saturated carbocycles. The minimum Gasteiger partial charge on any atom is -0.462 e. The molecule has 0 aliphatic carbocycles. The van der Waals surface area contributed by atoms with Crippen molar-refractivity contribution in [2.45, 2.75) is 17.1 Å². The Morgan fingerprint density at radius 1 is 1.08 bits per heavy atom. The zero-order valence-corrected chi connectivity index (χ0v) is 15.9. The summed E-state index contributed by atoms with van der Waals surface area (Å²) in [7, 11) is -3.86. The van der Waals surface area contributed by atoms with E-state index in [-0.39, 0.29) is 22.4 Å². The molecule has 0 radical (unpaired) electrons. The summed E-state index contributed by atoms with van der Waals surface area (Å²) in [6.45, 7) is 1.93. The first-order valence-corrected chi connectivity index (χ1v) is 10.2. The highest BCUT2D eigenvalue weighted by atomic mass is 79.9. The van der Waals surface area contributed by atoms with Crippen LogP contribution in [0.4, 0.5) is 0 Å². The number of rotatable bonds is 5. The summed E-state index contributed by atoms with van der Waals surface area (Å²) in [4.78, 5) is 12.6. The van der Waals surface area contributed by atoms with Crippen LogP contribution >= 0.6 is 15.9 Å².